The second kappa shape index (κ2) is 4.84. The maximum absolute atomic E-state index is 12.1. The molecular formula is C9H16NO5P. The molecule has 7 heteroatoms. The number of ether oxygens (including phenoxy) is 2. The van der Waals surface area contributed by atoms with Crippen molar-refractivity contribution in [2.45, 2.75) is 12.1 Å². The lowest BCUT2D eigenvalue weighted by Gasteiger charge is -2.29. The van der Waals surface area contributed by atoms with E-state index in [0.29, 0.717) is 26.3 Å². The molecule has 16 heavy (non-hydrogen) atoms. The Morgan fingerprint density at radius 3 is 2.69 bits per heavy atom. The highest BCUT2D eigenvalue weighted by Crippen LogP contribution is 2.50. The lowest BCUT2D eigenvalue weighted by molar-refractivity contribution is -0.137. The van der Waals surface area contributed by atoms with Gasteiger partial charge in [-0.3, -0.25) is 14.3 Å². The van der Waals surface area contributed by atoms with E-state index in [0.717, 1.165) is 0 Å². The lowest BCUT2D eigenvalue weighted by Crippen LogP contribution is -2.37. The number of nitrogens with zero attached hydrogens (tertiary/aromatic N) is 1. The standard InChI is InChI=1S/C9H16NO5P/c11-9-5-8(6-15-9)16(12,13)7-10-1-3-14-4-2-10/h8H,1-7H2,(H,12,13). The summed E-state index contributed by atoms with van der Waals surface area (Å²) in [6.45, 7) is 2.62. The fraction of sp³-hybridized carbons (Fsp3) is 0.889. The molecule has 0 saturated carbocycles. The zero-order valence-electron chi connectivity index (χ0n) is 9.00. The quantitative estimate of drug-likeness (QED) is 0.554. The molecule has 0 radical (unpaired) electrons. The van der Waals surface area contributed by atoms with Crippen LogP contribution in [0.1, 0.15) is 6.42 Å². The van der Waals surface area contributed by atoms with Crippen molar-refractivity contribution in [1.29, 1.82) is 0 Å². The van der Waals surface area contributed by atoms with Gasteiger partial charge in [-0.2, -0.15) is 0 Å². The molecule has 2 saturated heterocycles. The van der Waals surface area contributed by atoms with Gasteiger partial charge in [0.1, 0.15) is 6.61 Å². The van der Waals surface area contributed by atoms with Gasteiger partial charge < -0.3 is 14.4 Å². The third-order valence-electron chi connectivity index (χ3n) is 2.92. The summed E-state index contributed by atoms with van der Waals surface area (Å²) < 4.78 is 22.0. The molecule has 2 fully saturated rings. The first kappa shape index (κ1) is 12.0. The van der Waals surface area contributed by atoms with E-state index in [9.17, 15) is 14.3 Å². The Hall–Kier alpha value is -0.420. The second-order valence-electron chi connectivity index (χ2n) is 4.17. The molecule has 0 amide bonds. The number of rotatable bonds is 3. The molecule has 0 spiro atoms. The summed E-state index contributed by atoms with van der Waals surface area (Å²) in [6.07, 6.45) is 0.204. The summed E-state index contributed by atoms with van der Waals surface area (Å²) in [6, 6.07) is 0. The zero-order chi connectivity index (χ0) is 11.6. The van der Waals surface area contributed by atoms with Gasteiger partial charge in [0.2, 0.25) is 7.37 Å². The summed E-state index contributed by atoms with van der Waals surface area (Å²) in [5, 5.41) is 0. The number of esters is 1. The molecule has 6 nitrogen and oxygen atoms in total. The smallest absolute Gasteiger partial charge is 0.306 e. The molecular weight excluding hydrogens is 233 g/mol. The Morgan fingerprint density at radius 1 is 1.44 bits per heavy atom. The number of hydrogen-bond donors (Lipinski definition) is 1. The molecule has 0 aromatic carbocycles. The fourth-order valence-corrected chi connectivity index (χ4v) is 3.73. The van der Waals surface area contributed by atoms with Gasteiger partial charge in [-0.25, -0.2) is 0 Å². The molecule has 1 N–H and O–H groups in total. The van der Waals surface area contributed by atoms with Crippen LogP contribution in [0.3, 0.4) is 0 Å². The molecule has 2 heterocycles. The highest BCUT2D eigenvalue weighted by atomic mass is 31.2. The van der Waals surface area contributed by atoms with Crippen LogP contribution < -0.4 is 0 Å². The van der Waals surface area contributed by atoms with Crippen LogP contribution in [0.25, 0.3) is 0 Å². The van der Waals surface area contributed by atoms with Gasteiger partial charge in [-0.1, -0.05) is 0 Å². The van der Waals surface area contributed by atoms with Crippen molar-refractivity contribution in [2.24, 2.45) is 0 Å². The third kappa shape index (κ3) is 2.83. The number of morpholine rings is 1. The molecule has 0 aromatic heterocycles. The van der Waals surface area contributed by atoms with Crippen molar-refractivity contribution in [1.82, 2.24) is 4.90 Å². The molecule has 0 bridgehead atoms. The zero-order valence-corrected chi connectivity index (χ0v) is 9.90. The Balaban J connectivity index is 1.91. The Morgan fingerprint density at radius 2 is 2.12 bits per heavy atom. The van der Waals surface area contributed by atoms with E-state index in [1.165, 1.54) is 0 Å². The highest BCUT2D eigenvalue weighted by Gasteiger charge is 2.39. The third-order valence-corrected chi connectivity index (χ3v) is 5.19. The summed E-state index contributed by atoms with van der Waals surface area (Å²) >= 11 is 0. The van der Waals surface area contributed by atoms with Crippen LogP contribution in [0, 0.1) is 0 Å². The van der Waals surface area contributed by atoms with Crippen molar-refractivity contribution in [3.8, 4) is 0 Å². The van der Waals surface area contributed by atoms with Crippen LogP contribution >= 0.6 is 7.37 Å². The number of carbonyl (C=O) groups is 1. The normalized spacial score (nSPS) is 31.1. The molecule has 0 aromatic rings. The Labute approximate surface area is 94.0 Å². The minimum Gasteiger partial charge on any atom is -0.465 e. The number of carbonyl (C=O) groups excluding carboxylic acids is 1. The van der Waals surface area contributed by atoms with E-state index in [1.807, 2.05) is 4.90 Å². The van der Waals surface area contributed by atoms with Gasteiger partial charge in [-0.15, -0.1) is 0 Å². The number of hydrogen-bond acceptors (Lipinski definition) is 5. The average molecular weight is 249 g/mol. The van der Waals surface area contributed by atoms with E-state index >= 15 is 0 Å². The van der Waals surface area contributed by atoms with Crippen molar-refractivity contribution in [2.75, 3.05) is 39.2 Å². The first-order valence-electron chi connectivity index (χ1n) is 5.35. The van der Waals surface area contributed by atoms with Gasteiger partial charge in [0, 0.05) is 13.1 Å². The molecule has 2 atom stereocenters. The first-order valence-corrected chi connectivity index (χ1v) is 7.26. The van der Waals surface area contributed by atoms with Crippen LogP contribution in [0.5, 0.6) is 0 Å². The molecule has 2 unspecified atom stereocenters. The van der Waals surface area contributed by atoms with Crippen molar-refractivity contribution in [3.05, 3.63) is 0 Å². The molecule has 2 aliphatic rings. The summed E-state index contributed by atoms with van der Waals surface area (Å²) in [4.78, 5) is 22.7. The molecule has 0 aliphatic carbocycles. The van der Waals surface area contributed by atoms with Crippen molar-refractivity contribution in [3.63, 3.8) is 0 Å². The SMILES string of the molecule is O=C1CC(P(=O)(O)CN2CCOCC2)CO1. The van der Waals surface area contributed by atoms with Crippen LogP contribution in [0.15, 0.2) is 0 Å². The minimum atomic E-state index is -3.32. The Kier molecular flexibility index (Phi) is 3.64. The van der Waals surface area contributed by atoms with E-state index in [1.54, 1.807) is 0 Å². The molecule has 92 valence electrons. The van der Waals surface area contributed by atoms with Crippen molar-refractivity contribution >= 4 is 13.3 Å². The Bertz CT molecular complexity index is 315. The second-order valence-corrected chi connectivity index (χ2v) is 6.69. The number of cyclic esters (lactones) is 1. The van der Waals surface area contributed by atoms with Gasteiger partial charge >= 0.3 is 5.97 Å². The van der Waals surface area contributed by atoms with Crippen LogP contribution in [0.2, 0.25) is 0 Å². The van der Waals surface area contributed by atoms with Crippen molar-refractivity contribution < 1.29 is 23.7 Å². The van der Waals surface area contributed by atoms with Gasteiger partial charge in [-0.05, 0) is 0 Å². The highest BCUT2D eigenvalue weighted by molar-refractivity contribution is 7.58. The van der Waals surface area contributed by atoms with E-state index < -0.39 is 13.0 Å². The summed E-state index contributed by atoms with van der Waals surface area (Å²) in [5.74, 6) is -0.374. The largest absolute Gasteiger partial charge is 0.465 e. The minimum absolute atomic E-state index is 0.0676. The predicted molar refractivity (Wildman–Crippen MR) is 56.4 cm³/mol. The maximum Gasteiger partial charge on any atom is 0.306 e. The first-order chi connectivity index (χ1) is 7.58. The van der Waals surface area contributed by atoms with Crippen LogP contribution in [0.4, 0.5) is 0 Å². The molecule has 2 rings (SSSR count). The van der Waals surface area contributed by atoms with Gasteiger partial charge in [0.25, 0.3) is 0 Å². The maximum atomic E-state index is 12.1. The lowest BCUT2D eigenvalue weighted by atomic mass is 10.4. The molecule has 2 aliphatic heterocycles. The average Bonchev–Trinajstić information content (AvgIpc) is 2.66. The van der Waals surface area contributed by atoms with Crippen LogP contribution in [-0.2, 0) is 18.8 Å². The summed E-state index contributed by atoms with van der Waals surface area (Å²) in [5.41, 5.74) is -0.525. The van der Waals surface area contributed by atoms with Crippen LogP contribution in [-0.4, -0.2) is 60.6 Å². The predicted octanol–water partition coefficient (Wildman–Crippen LogP) is -0.138. The van der Waals surface area contributed by atoms with Gasteiger partial charge in [0.05, 0.1) is 31.6 Å². The van der Waals surface area contributed by atoms with E-state index in [4.69, 9.17) is 9.47 Å². The van der Waals surface area contributed by atoms with Gasteiger partial charge in [0.15, 0.2) is 0 Å². The van der Waals surface area contributed by atoms with E-state index in [-0.39, 0.29) is 25.3 Å². The summed E-state index contributed by atoms with van der Waals surface area (Å²) in [7, 11) is -3.32. The fourth-order valence-electron chi connectivity index (χ4n) is 1.90. The topological polar surface area (TPSA) is 76.1 Å². The van der Waals surface area contributed by atoms with E-state index in [2.05, 4.69) is 0 Å². The monoisotopic (exact) mass is 249 g/mol.